The van der Waals surface area contributed by atoms with Gasteiger partial charge >= 0.3 is 0 Å². The molecule has 0 aliphatic rings. The van der Waals surface area contributed by atoms with Crippen LogP contribution in [-0.2, 0) is 4.79 Å². The maximum Gasteiger partial charge on any atom is 0.221 e. The molecule has 0 atom stereocenters. The van der Waals surface area contributed by atoms with E-state index in [-0.39, 0.29) is 32.1 Å². The van der Waals surface area contributed by atoms with Crippen LogP contribution in [0.4, 0.5) is 5.69 Å². The average Bonchev–Trinajstić information content (AvgIpc) is 2.29. The fraction of sp³-hybridized carbons (Fsp3) is 0.200. The molecule has 0 heterocycles. The fourth-order valence-corrected chi connectivity index (χ4v) is 2.01. The molecule has 1 aromatic carbocycles. The normalized spacial score (nSPS) is 9.94. The van der Waals surface area contributed by atoms with Crippen molar-refractivity contribution in [2.45, 2.75) is 6.92 Å². The van der Waals surface area contributed by atoms with E-state index in [1.165, 1.54) is 14.0 Å². The molecule has 17 heavy (non-hydrogen) atoms. The lowest BCUT2D eigenvalue weighted by molar-refractivity contribution is -0.114. The predicted molar refractivity (Wildman–Crippen MR) is 67.7 cm³/mol. The van der Waals surface area contributed by atoms with Crippen molar-refractivity contribution in [2.75, 3.05) is 12.4 Å². The summed E-state index contributed by atoms with van der Waals surface area (Å²) in [6.45, 7) is 1.28. The van der Waals surface area contributed by atoms with Gasteiger partial charge in [0.1, 0.15) is 5.02 Å². The van der Waals surface area contributed by atoms with Crippen LogP contribution < -0.4 is 10.1 Å². The summed E-state index contributed by atoms with van der Waals surface area (Å²) in [7, 11) is 1.33. The molecule has 4 nitrogen and oxygen atoms in total. The minimum atomic E-state index is -0.393. The predicted octanol–water partition coefficient (Wildman–Crippen LogP) is 3.43. The third-order valence-corrected chi connectivity index (χ3v) is 3.25. The number of amides is 1. The minimum Gasteiger partial charge on any atom is -0.494 e. The van der Waals surface area contributed by atoms with Gasteiger partial charge < -0.3 is 10.1 Å². The summed E-state index contributed by atoms with van der Waals surface area (Å²) in [5, 5.41) is 2.44. The topological polar surface area (TPSA) is 55.4 Å². The van der Waals surface area contributed by atoms with Crippen LogP contribution in [0.2, 0.25) is 15.1 Å². The molecular formula is C10H8Cl3NO3. The summed E-state index contributed by atoms with van der Waals surface area (Å²) in [5.74, 6) is -0.324. The molecule has 0 unspecified atom stereocenters. The van der Waals surface area contributed by atoms with Gasteiger partial charge in [0.15, 0.2) is 12.0 Å². The summed E-state index contributed by atoms with van der Waals surface area (Å²) >= 11 is 17.7. The average molecular weight is 297 g/mol. The lowest BCUT2D eigenvalue weighted by Gasteiger charge is -2.15. The molecular weight excluding hydrogens is 288 g/mol. The number of aldehydes is 1. The standard InChI is InChI=1S/C10H8Cl3NO3/c1-4(16)14-9-5(3-15)10(17-2)8(13)6(11)7(9)12/h3H,1-2H3,(H,14,16). The van der Waals surface area contributed by atoms with Gasteiger partial charge in [0, 0.05) is 6.92 Å². The maximum absolute atomic E-state index is 11.0. The summed E-state index contributed by atoms with van der Waals surface area (Å²) in [5.41, 5.74) is 0.127. The van der Waals surface area contributed by atoms with Gasteiger partial charge in [0.2, 0.25) is 5.91 Å². The van der Waals surface area contributed by atoms with Crippen molar-refractivity contribution in [3.8, 4) is 5.75 Å². The highest BCUT2D eigenvalue weighted by molar-refractivity contribution is 6.50. The second-order valence-corrected chi connectivity index (χ2v) is 4.20. The van der Waals surface area contributed by atoms with E-state index in [2.05, 4.69) is 5.32 Å². The number of ether oxygens (including phenoxy) is 1. The highest BCUT2D eigenvalue weighted by Crippen LogP contribution is 2.45. The zero-order chi connectivity index (χ0) is 13.2. The lowest BCUT2D eigenvalue weighted by atomic mass is 10.1. The number of carbonyl (C=O) groups excluding carboxylic acids is 2. The molecule has 0 aromatic heterocycles. The monoisotopic (exact) mass is 295 g/mol. The van der Waals surface area contributed by atoms with Crippen LogP contribution in [0.1, 0.15) is 17.3 Å². The van der Waals surface area contributed by atoms with Crippen molar-refractivity contribution in [3.63, 3.8) is 0 Å². The first-order valence-electron chi connectivity index (χ1n) is 4.41. The van der Waals surface area contributed by atoms with Crippen LogP contribution in [0.25, 0.3) is 0 Å². The molecule has 0 radical (unpaired) electrons. The van der Waals surface area contributed by atoms with E-state index < -0.39 is 5.91 Å². The van der Waals surface area contributed by atoms with E-state index in [1.807, 2.05) is 0 Å². The molecule has 1 amide bonds. The van der Waals surface area contributed by atoms with E-state index in [0.29, 0.717) is 6.29 Å². The number of anilines is 1. The summed E-state index contributed by atoms with van der Waals surface area (Å²) in [6, 6.07) is 0. The molecule has 92 valence electrons. The number of methoxy groups -OCH3 is 1. The largest absolute Gasteiger partial charge is 0.494 e. The Hall–Kier alpha value is -0.970. The third kappa shape index (κ3) is 2.65. The zero-order valence-electron chi connectivity index (χ0n) is 8.94. The number of hydrogen-bond acceptors (Lipinski definition) is 3. The fourth-order valence-electron chi connectivity index (χ4n) is 1.27. The maximum atomic E-state index is 11.0. The van der Waals surface area contributed by atoms with Crippen molar-refractivity contribution < 1.29 is 14.3 Å². The van der Waals surface area contributed by atoms with E-state index >= 15 is 0 Å². The van der Waals surface area contributed by atoms with Crippen LogP contribution >= 0.6 is 34.8 Å². The van der Waals surface area contributed by atoms with Gasteiger partial charge in [-0.05, 0) is 0 Å². The van der Waals surface area contributed by atoms with E-state index in [1.54, 1.807) is 0 Å². The van der Waals surface area contributed by atoms with Crippen molar-refractivity contribution in [3.05, 3.63) is 20.6 Å². The van der Waals surface area contributed by atoms with Crippen molar-refractivity contribution >= 4 is 52.7 Å². The molecule has 0 saturated heterocycles. The first-order valence-corrected chi connectivity index (χ1v) is 5.54. The first kappa shape index (κ1) is 14.1. The Morgan fingerprint density at radius 2 is 1.82 bits per heavy atom. The van der Waals surface area contributed by atoms with E-state index in [4.69, 9.17) is 39.5 Å². The van der Waals surface area contributed by atoms with Crippen LogP contribution in [0.3, 0.4) is 0 Å². The molecule has 1 rings (SSSR count). The SMILES string of the molecule is COc1c(Cl)c(Cl)c(Cl)c(NC(C)=O)c1C=O. The van der Waals surface area contributed by atoms with Gasteiger partial charge in [-0.3, -0.25) is 9.59 Å². The van der Waals surface area contributed by atoms with Gasteiger partial charge in [-0.1, -0.05) is 34.8 Å². The van der Waals surface area contributed by atoms with Crippen LogP contribution in [0, 0.1) is 0 Å². The van der Waals surface area contributed by atoms with Gasteiger partial charge in [-0.25, -0.2) is 0 Å². The van der Waals surface area contributed by atoms with Crippen LogP contribution in [0.5, 0.6) is 5.75 Å². The highest BCUT2D eigenvalue weighted by Gasteiger charge is 2.22. The molecule has 7 heteroatoms. The molecule has 0 bridgehead atoms. The van der Waals surface area contributed by atoms with Crippen LogP contribution in [-0.4, -0.2) is 19.3 Å². The Bertz CT molecular complexity index is 488. The Kier molecular flexibility index (Phi) is 4.62. The summed E-state index contributed by atoms with van der Waals surface area (Å²) in [4.78, 5) is 22.0. The smallest absolute Gasteiger partial charge is 0.221 e. The number of nitrogens with one attached hydrogen (secondary N) is 1. The molecule has 0 spiro atoms. The molecule has 0 aliphatic carbocycles. The minimum absolute atomic E-state index is 0.00485. The Balaban J connectivity index is 3.61. The number of carbonyl (C=O) groups is 2. The van der Waals surface area contributed by atoms with Crippen molar-refractivity contribution in [1.82, 2.24) is 0 Å². The summed E-state index contributed by atoms with van der Waals surface area (Å²) < 4.78 is 4.97. The van der Waals surface area contributed by atoms with E-state index in [0.717, 1.165) is 0 Å². The highest BCUT2D eigenvalue weighted by atomic mass is 35.5. The summed E-state index contributed by atoms with van der Waals surface area (Å²) in [6.07, 6.45) is 0.484. The Labute approximate surface area is 113 Å². The molecule has 1 aromatic rings. The van der Waals surface area contributed by atoms with Gasteiger partial charge in [0.05, 0.1) is 28.4 Å². The first-order chi connectivity index (χ1) is 7.93. The molecule has 0 aliphatic heterocycles. The van der Waals surface area contributed by atoms with Crippen LogP contribution in [0.15, 0.2) is 0 Å². The number of rotatable bonds is 3. The number of benzene rings is 1. The quantitative estimate of drug-likeness (QED) is 0.687. The lowest BCUT2D eigenvalue weighted by Crippen LogP contribution is -2.10. The Morgan fingerprint density at radius 3 is 2.24 bits per heavy atom. The van der Waals surface area contributed by atoms with Gasteiger partial charge in [0.25, 0.3) is 0 Å². The molecule has 0 saturated carbocycles. The second kappa shape index (κ2) is 5.58. The van der Waals surface area contributed by atoms with Crippen molar-refractivity contribution in [1.29, 1.82) is 0 Å². The second-order valence-electron chi connectivity index (χ2n) is 3.06. The number of halogens is 3. The Morgan fingerprint density at radius 1 is 1.24 bits per heavy atom. The van der Waals surface area contributed by atoms with E-state index in [9.17, 15) is 9.59 Å². The molecule has 1 N–H and O–H groups in total. The third-order valence-electron chi connectivity index (χ3n) is 1.94. The zero-order valence-corrected chi connectivity index (χ0v) is 11.2. The van der Waals surface area contributed by atoms with Gasteiger partial charge in [-0.15, -0.1) is 0 Å². The number of hydrogen-bond donors (Lipinski definition) is 1. The van der Waals surface area contributed by atoms with Gasteiger partial charge in [-0.2, -0.15) is 0 Å². The molecule has 0 fully saturated rings. The van der Waals surface area contributed by atoms with Crippen molar-refractivity contribution in [2.24, 2.45) is 0 Å².